The van der Waals surface area contributed by atoms with Gasteiger partial charge in [-0.2, -0.15) is 5.10 Å². The molecule has 0 bridgehead atoms. The number of benzene rings is 1. The minimum Gasteiger partial charge on any atom is -0.494 e. The number of ether oxygens (including phenoxy) is 1. The van der Waals surface area contributed by atoms with E-state index in [0.29, 0.717) is 29.7 Å². The minimum atomic E-state index is -3.36. The SMILES string of the molecule is COc1ccccc1-n1nc(CC(C)C)nc1[C@@H](C)NS(C)(=O)=O. The van der Waals surface area contributed by atoms with Crippen LogP contribution in [0.2, 0.25) is 0 Å². The Balaban J connectivity index is 2.53. The van der Waals surface area contributed by atoms with E-state index in [9.17, 15) is 8.42 Å². The molecule has 1 heterocycles. The normalized spacial score (nSPS) is 13.2. The van der Waals surface area contributed by atoms with Crippen molar-refractivity contribution in [2.45, 2.75) is 33.2 Å². The molecule has 1 aromatic heterocycles. The van der Waals surface area contributed by atoms with Crippen molar-refractivity contribution in [3.63, 3.8) is 0 Å². The Hall–Kier alpha value is -1.93. The van der Waals surface area contributed by atoms with Crippen molar-refractivity contribution in [1.82, 2.24) is 19.5 Å². The summed E-state index contributed by atoms with van der Waals surface area (Å²) in [4.78, 5) is 4.56. The Kier molecular flexibility index (Phi) is 5.61. The van der Waals surface area contributed by atoms with E-state index in [4.69, 9.17) is 4.74 Å². The topological polar surface area (TPSA) is 86.1 Å². The van der Waals surface area contributed by atoms with Gasteiger partial charge < -0.3 is 4.74 Å². The molecule has 7 nitrogen and oxygen atoms in total. The summed E-state index contributed by atoms with van der Waals surface area (Å²) in [5.41, 5.74) is 0.722. The maximum Gasteiger partial charge on any atom is 0.209 e. The van der Waals surface area contributed by atoms with Crippen molar-refractivity contribution in [1.29, 1.82) is 0 Å². The molecule has 0 amide bonds. The third-order valence-electron chi connectivity index (χ3n) is 3.36. The highest BCUT2D eigenvalue weighted by molar-refractivity contribution is 7.88. The lowest BCUT2D eigenvalue weighted by molar-refractivity contribution is 0.410. The molecule has 0 spiro atoms. The molecule has 0 fully saturated rings. The van der Waals surface area contributed by atoms with Crippen molar-refractivity contribution in [3.05, 3.63) is 35.9 Å². The average molecular weight is 352 g/mol. The predicted molar refractivity (Wildman–Crippen MR) is 92.8 cm³/mol. The van der Waals surface area contributed by atoms with E-state index in [-0.39, 0.29) is 0 Å². The lowest BCUT2D eigenvalue weighted by atomic mass is 10.1. The molecule has 0 aliphatic rings. The van der Waals surface area contributed by atoms with E-state index in [1.165, 1.54) is 0 Å². The largest absolute Gasteiger partial charge is 0.494 e. The zero-order valence-corrected chi connectivity index (χ0v) is 15.5. The maximum atomic E-state index is 11.6. The first-order valence-electron chi connectivity index (χ1n) is 7.77. The van der Waals surface area contributed by atoms with E-state index in [1.807, 2.05) is 24.3 Å². The second-order valence-electron chi connectivity index (χ2n) is 6.18. The number of hydrogen-bond donors (Lipinski definition) is 1. The van der Waals surface area contributed by atoms with Gasteiger partial charge in [0.1, 0.15) is 11.4 Å². The van der Waals surface area contributed by atoms with Crippen LogP contribution in [0.3, 0.4) is 0 Å². The highest BCUT2D eigenvalue weighted by Gasteiger charge is 2.22. The van der Waals surface area contributed by atoms with Crippen LogP contribution in [0.1, 0.15) is 38.5 Å². The van der Waals surface area contributed by atoms with E-state index < -0.39 is 16.1 Å². The third kappa shape index (κ3) is 4.55. The average Bonchev–Trinajstić information content (AvgIpc) is 2.88. The van der Waals surface area contributed by atoms with Gasteiger partial charge in [0, 0.05) is 6.42 Å². The fourth-order valence-electron chi connectivity index (χ4n) is 2.46. The van der Waals surface area contributed by atoms with Gasteiger partial charge in [-0.05, 0) is 25.0 Å². The van der Waals surface area contributed by atoms with Gasteiger partial charge in [0.25, 0.3) is 0 Å². The van der Waals surface area contributed by atoms with Gasteiger partial charge in [-0.15, -0.1) is 0 Å². The monoisotopic (exact) mass is 352 g/mol. The predicted octanol–water partition coefficient (Wildman–Crippen LogP) is 2.08. The first-order chi connectivity index (χ1) is 11.2. The third-order valence-corrected chi connectivity index (χ3v) is 4.14. The standard InChI is InChI=1S/C16H24N4O3S/c1-11(2)10-15-17-16(12(3)19-24(5,21)22)20(18-15)13-8-6-7-9-14(13)23-4/h6-9,11-12,19H,10H2,1-5H3/t12-/m1/s1. The Labute approximate surface area is 143 Å². The van der Waals surface area contributed by atoms with Gasteiger partial charge in [0.15, 0.2) is 11.6 Å². The Morgan fingerprint density at radius 2 is 1.92 bits per heavy atom. The van der Waals surface area contributed by atoms with Crippen LogP contribution in [0.25, 0.3) is 5.69 Å². The van der Waals surface area contributed by atoms with Crippen LogP contribution < -0.4 is 9.46 Å². The number of nitrogens with one attached hydrogen (secondary N) is 1. The molecule has 0 saturated heterocycles. The first-order valence-corrected chi connectivity index (χ1v) is 9.67. The summed E-state index contributed by atoms with van der Waals surface area (Å²) in [5.74, 6) is 2.24. The molecular formula is C16H24N4O3S. The van der Waals surface area contributed by atoms with Crippen LogP contribution in [0.4, 0.5) is 0 Å². The molecule has 2 rings (SSSR count). The molecular weight excluding hydrogens is 328 g/mol. The number of rotatable bonds is 7. The van der Waals surface area contributed by atoms with Gasteiger partial charge in [-0.3, -0.25) is 0 Å². The highest BCUT2D eigenvalue weighted by atomic mass is 32.2. The molecule has 1 N–H and O–H groups in total. The van der Waals surface area contributed by atoms with E-state index in [0.717, 1.165) is 11.9 Å². The summed E-state index contributed by atoms with van der Waals surface area (Å²) >= 11 is 0. The molecule has 0 unspecified atom stereocenters. The molecule has 0 aliphatic heterocycles. The first kappa shape index (κ1) is 18.4. The maximum absolute atomic E-state index is 11.6. The fraction of sp³-hybridized carbons (Fsp3) is 0.500. The van der Waals surface area contributed by atoms with Crippen molar-refractivity contribution in [2.75, 3.05) is 13.4 Å². The van der Waals surface area contributed by atoms with Gasteiger partial charge in [-0.1, -0.05) is 26.0 Å². The number of para-hydroxylation sites is 2. The summed E-state index contributed by atoms with van der Waals surface area (Å²) in [6.45, 7) is 5.92. The minimum absolute atomic E-state index is 0.393. The fourth-order valence-corrected chi connectivity index (χ4v) is 3.20. The number of aromatic nitrogens is 3. The van der Waals surface area contributed by atoms with Crippen molar-refractivity contribution in [2.24, 2.45) is 5.92 Å². The summed E-state index contributed by atoms with van der Waals surface area (Å²) in [6, 6.07) is 6.92. The van der Waals surface area contributed by atoms with Crippen LogP contribution in [-0.2, 0) is 16.4 Å². The molecule has 1 aromatic carbocycles. The second-order valence-corrected chi connectivity index (χ2v) is 7.96. The van der Waals surface area contributed by atoms with Gasteiger partial charge in [0.05, 0.1) is 19.4 Å². The smallest absolute Gasteiger partial charge is 0.209 e. The van der Waals surface area contributed by atoms with E-state index in [1.54, 1.807) is 18.7 Å². The molecule has 0 saturated carbocycles. The number of hydrogen-bond acceptors (Lipinski definition) is 5. The van der Waals surface area contributed by atoms with Crippen LogP contribution in [0.5, 0.6) is 5.75 Å². The quantitative estimate of drug-likeness (QED) is 0.824. The van der Waals surface area contributed by atoms with Crippen molar-refractivity contribution < 1.29 is 13.2 Å². The number of nitrogens with zero attached hydrogens (tertiary/aromatic N) is 3. The lowest BCUT2D eigenvalue weighted by Crippen LogP contribution is -2.27. The zero-order valence-electron chi connectivity index (χ0n) is 14.6. The van der Waals surface area contributed by atoms with Crippen LogP contribution in [0, 0.1) is 5.92 Å². The molecule has 2 aromatic rings. The van der Waals surface area contributed by atoms with Crippen LogP contribution in [0.15, 0.2) is 24.3 Å². The van der Waals surface area contributed by atoms with Gasteiger partial charge in [0.2, 0.25) is 10.0 Å². The van der Waals surface area contributed by atoms with Crippen molar-refractivity contribution >= 4 is 10.0 Å². The summed E-state index contributed by atoms with van der Waals surface area (Å²) in [6.07, 6.45) is 1.84. The number of methoxy groups -OCH3 is 1. The molecule has 24 heavy (non-hydrogen) atoms. The van der Waals surface area contributed by atoms with E-state index >= 15 is 0 Å². The Bertz CT molecular complexity index is 799. The van der Waals surface area contributed by atoms with Crippen LogP contribution in [-0.4, -0.2) is 36.5 Å². The molecule has 0 aliphatic carbocycles. The molecule has 8 heteroatoms. The summed E-state index contributed by atoms with van der Waals surface area (Å²) < 4.78 is 32.8. The van der Waals surface area contributed by atoms with Gasteiger partial charge in [-0.25, -0.2) is 22.8 Å². The molecule has 1 atom stereocenters. The highest BCUT2D eigenvalue weighted by Crippen LogP contribution is 2.25. The van der Waals surface area contributed by atoms with Crippen LogP contribution >= 0.6 is 0 Å². The Morgan fingerprint density at radius 3 is 2.50 bits per heavy atom. The lowest BCUT2D eigenvalue weighted by Gasteiger charge is -2.14. The molecule has 0 radical (unpaired) electrons. The summed E-state index contributed by atoms with van der Waals surface area (Å²) in [7, 11) is -1.78. The number of sulfonamides is 1. The Morgan fingerprint density at radius 1 is 1.25 bits per heavy atom. The van der Waals surface area contributed by atoms with Crippen molar-refractivity contribution in [3.8, 4) is 11.4 Å². The summed E-state index contributed by atoms with van der Waals surface area (Å²) in [5, 5.41) is 4.57. The van der Waals surface area contributed by atoms with E-state index in [2.05, 4.69) is 28.7 Å². The van der Waals surface area contributed by atoms with Gasteiger partial charge >= 0.3 is 0 Å². The second kappa shape index (κ2) is 7.31. The molecule has 132 valence electrons. The zero-order chi connectivity index (χ0) is 17.9.